The molecule has 0 spiro atoms. The van der Waals surface area contributed by atoms with Crippen molar-refractivity contribution in [3.63, 3.8) is 0 Å². The van der Waals surface area contributed by atoms with Crippen molar-refractivity contribution >= 4 is 37.6 Å². The average molecular weight is 340 g/mol. The fraction of sp³-hybridized carbons (Fsp3) is 0.300. The SMILES string of the molecule is COC(=O)C(C)S(=O)(=O)Nc1ccc(Br)cc1F. The average Bonchev–Trinajstić information content (AvgIpc) is 2.30. The standard InChI is InChI=1S/C10H11BrFNO4S/c1-6(10(14)17-2)18(15,16)13-9-4-3-7(11)5-8(9)12/h3-6,13H,1-2H3. The highest BCUT2D eigenvalue weighted by Crippen LogP contribution is 2.21. The lowest BCUT2D eigenvalue weighted by molar-refractivity contribution is -0.139. The molecule has 0 bridgehead atoms. The van der Waals surface area contributed by atoms with Crippen LogP contribution < -0.4 is 4.72 Å². The summed E-state index contributed by atoms with van der Waals surface area (Å²) in [6.07, 6.45) is 0. The number of carbonyl (C=O) groups is 1. The van der Waals surface area contributed by atoms with Gasteiger partial charge in [0.05, 0.1) is 12.8 Å². The molecule has 0 saturated carbocycles. The minimum Gasteiger partial charge on any atom is -0.468 e. The van der Waals surface area contributed by atoms with E-state index in [9.17, 15) is 17.6 Å². The Labute approximate surface area is 113 Å². The molecule has 5 nitrogen and oxygen atoms in total. The second-order valence-electron chi connectivity index (χ2n) is 3.44. The van der Waals surface area contributed by atoms with Gasteiger partial charge in [0.1, 0.15) is 5.82 Å². The Bertz CT molecular complexity index is 561. The van der Waals surface area contributed by atoms with Gasteiger partial charge in [-0.2, -0.15) is 0 Å². The van der Waals surface area contributed by atoms with Gasteiger partial charge < -0.3 is 4.74 Å². The van der Waals surface area contributed by atoms with E-state index in [1.807, 2.05) is 4.72 Å². The number of anilines is 1. The Balaban J connectivity index is 2.99. The van der Waals surface area contributed by atoms with Gasteiger partial charge in [0.15, 0.2) is 5.25 Å². The highest BCUT2D eigenvalue weighted by atomic mass is 79.9. The number of nitrogens with one attached hydrogen (secondary N) is 1. The first kappa shape index (κ1) is 14.9. The van der Waals surface area contributed by atoms with Gasteiger partial charge in [-0.25, -0.2) is 12.8 Å². The number of methoxy groups -OCH3 is 1. The van der Waals surface area contributed by atoms with E-state index in [0.717, 1.165) is 20.1 Å². The van der Waals surface area contributed by atoms with E-state index < -0.39 is 27.1 Å². The summed E-state index contributed by atoms with van der Waals surface area (Å²) in [5, 5.41) is -1.43. The fourth-order valence-electron chi connectivity index (χ4n) is 1.11. The number of carbonyl (C=O) groups excluding carboxylic acids is 1. The number of esters is 1. The van der Waals surface area contributed by atoms with E-state index in [0.29, 0.717) is 4.47 Å². The lowest BCUT2D eigenvalue weighted by Gasteiger charge is -2.13. The Morgan fingerprint density at radius 3 is 2.61 bits per heavy atom. The Kier molecular flexibility index (Phi) is 4.69. The first-order valence-corrected chi connectivity index (χ1v) is 7.16. The lowest BCUT2D eigenvalue weighted by Crippen LogP contribution is -2.33. The smallest absolute Gasteiger partial charge is 0.325 e. The molecule has 18 heavy (non-hydrogen) atoms. The monoisotopic (exact) mass is 339 g/mol. The zero-order chi connectivity index (χ0) is 13.9. The van der Waals surface area contributed by atoms with Crippen molar-refractivity contribution in [2.45, 2.75) is 12.2 Å². The molecule has 100 valence electrons. The molecule has 1 rings (SSSR count). The maximum Gasteiger partial charge on any atom is 0.325 e. The second kappa shape index (κ2) is 5.66. The zero-order valence-electron chi connectivity index (χ0n) is 9.61. The van der Waals surface area contributed by atoms with Gasteiger partial charge in [-0.1, -0.05) is 15.9 Å². The quantitative estimate of drug-likeness (QED) is 0.850. The van der Waals surface area contributed by atoms with Crippen molar-refractivity contribution in [3.8, 4) is 0 Å². The molecule has 0 saturated heterocycles. The summed E-state index contributed by atoms with van der Waals surface area (Å²) in [6.45, 7) is 1.16. The number of hydrogen-bond donors (Lipinski definition) is 1. The Morgan fingerprint density at radius 1 is 1.50 bits per heavy atom. The van der Waals surface area contributed by atoms with Crippen molar-refractivity contribution in [2.75, 3.05) is 11.8 Å². The number of benzene rings is 1. The van der Waals surface area contributed by atoms with E-state index in [4.69, 9.17) is 0 Å². The lowest BCUT2D eigenvalue weighted by atomic mass is 10.3. The summed E-state index contributed by atoms with van der Waals surface area (Å²) in [6, 6.07) is 3.84. The molecular formula is C10H11BrFNO4S. The van der Waals surface area contributed by atoms with E-state index in [-0.39, 0.29) is 5.69 Å². The van der Waals surface area contributed by atoms with Crippen molar-refractivity contribution in [2.24, 2.45) is 0 Å². The molecule has 0 aromatic heterocycles. The summed E-state index contributed by atoms with van der Waals surface area (Å²) in [7, 11) is -2.96. The van der Waals surface area contributed by atoms with Crippen LogP contribution in [0.15, 0.2) is 22.7 Å². The summed E-state index contributed by atoms with van der Waals surface area (Å²) in [5.41, 5.74) is -0.228. The van der Waals surface area contributed by atoms with Gasteiger partial charge in [-0.3, -0.25) is 9.52 Å². The van der Waals surface area contributed by atoms with Crippen LogP contribution in [0.2, 0.25) is 0 Å². The third kappa shape index (κ3) is 3.42. The molecule has 1 atom stereocenters. The van der Waals surface area contributed by atoms with E-state index >= 15 is 0 Å². The molecule has 0 aliphatic heterocycles. The van der Waals surface area contributed by atoms with E-state index in [1.165, 1.54) is 12.1 Å². The minimum atomic E-state index is -4.04. The predicted octanol–water partition coefficient (Wildman–Crippen LogP) is 1.89. The Morgan fingerprint density at radius 2 is 2.11 bits per heavy atom. The molecule has 0 aliphatic rings. The number of sulfonamides is 1. The molecule has 0 radical (unpaired) electrons. The molecule has 0 amide bonds. The van der Waals surface area contributed by atoms with E-state index in [1.54, 1.807) is 0 Å². The van der Waals surface area contributed by atoms with Crippen molar-refractivity contribution < 1.29 is 22.3 Å². The van der Waals surface area contributed by atoms with Gasteiger partial charge in [0.25, 0.3) is 0 Å². The number of halogens is 2. The van der Waals surface area contributed by atoms with Crippen molar-refractivity contribution in [1.82, 2.24) is 0 Å². The predicted molar refractivity (Wildman–Crippen MR) is 68.1 cm³/mol. The van der Waals surface area contributed by atoms with Crippen LogP contribution in [-0.2, 0) is 19.6 Å². The maximum absolute atomic E-state index is 13.5. The first-order chi connectivity index (χ1) is 8.27. The van der Waals surface area contributed by atoms with Crippen LogP contribution in [0.3, 0.4) is 0 Å². The number of ether oxygens (including phenoxy) is 1. The molecule has 0 heterocycles. The molecule has 1 unspecified atom stereocenters. The van der Waals surface area contributed by atoms with Crippen LogP contribution >= 0.6 is 15.9 Å². The topological polar surface area (TPSA) is 72.5 Å². The summed E-state index contributed by atoms with van der Waals surface area (Å²) >= 11 is 3.05. The molecular weight excluding hydrogens is 329 g/mol. The molecule has 1 aromatic carbocycles. The summed E-state index contributed by atoms with van der Waals surface area (Å²) in [4.78, 5) is 11.1. The third-order valence-electron chi connectivity index (χ3n) is 2.18. The van der Waals surface area contributed by atoms with E-state index in [2.05, 4.69) is 20.7 Å². The van der Waals surface area contributed by atoms with Gasteiger partial charge >= 0.3 is 5.97 Å². The third-order valence-corrected chi connectivity index (χ3v) is 4.30. The molecule has 0 aliphatic carbocycles. The highest BCUT2D eigenvalue weighted by molar-refractivity contribution is 9.10. The maximum atomic E-state index is 13.5. The fourth-order valence-corrected chi connectivity index (χ4v) is 2.44. The molecule has 1 aromatic rings. The second-order valence-corrected chi connectivity index (χ2v) is 6.35. The number of rotatable bonds is 4. The van der Waals surface area contributed by atoms with Gasteiger partial charge in [-0.05, 0) is 25.1 Å². The van der Waals surface area contributed by atoms with Crippen LogP contribution in [0, 0.1) is 5.82 Å². The van der Waals surface area contributed by atoms with Crippen LogP contribution in [0.5, 0.6) is 0 Å². The van der Waals surface area contributed by atoms with Gasteiger partial charge in [-0.15, -0.1) is 0 Å². The normalized spacial score (nSPS) is 12.9. The van der Waals surface area contributed by atoms with Crippen LogP contribution in [0.1, 0.15) is 6.92 Å². The Hall–Kier alpha value is -1.15. The zero-order valence-corrected chi connectivity index (χ0v) is 12.0. The van der Waals surface area contributed by atoms with Crippen LogP contribution in [-0.4, -0.2) is 26.7 Å². The molecule has 0 fully saturated rings. The molecule has 8 heteroatoms. The first-order valence-electron chi connectivity index (χ1n) is 4.82. The number of hydrogen-bond acceptors (Lipinski definition) is 4. The van der Waals surface area contributed by atoms with Crippen LogP contribution in [0.4, 0.5) is 10.1 Å². The van der Waals surface area contributed by atoms with Gasteiger partial charge in [0.2, 0.25) is 10.0 Å². The van der Waals surface area contributed by atoms with Crippen LogP contribution in [0.25, 0.3) is 0 Å². The van der Waals surface area contributed by atoms with Crippen molar-refractivity contribution in [1.29, 1.82) is 0 Å². The van der Waals surface area contributed by atoms with Crippen molar-refractivity contribution in [3.05, 3.63) is 28.5 Å². The minimum absolute atomic E-state index is 0.228. The highest BCUT2D eigenvalue weighted by Gasteiger charge is 2.29. The van der Waals surface area contributed by atoms with Gasteiger partial charge in [0, 0.05) is 4.47 Å². The summed E-state index contributed by atoms with van der Waals surface area (Å²) < 4.78 is 43.8. The molecule has 1 N–H and O–H groups in total. The largest absolute Gasteiger partial charge is 0.468 e. The summed E-state index contributed by atoms with van der Waals surface area (Å²) in [5.74, 6) is -1.66.